The van der Waals surface area contributed by atoms with Gasteiger partial charge in [0.15, 0.2) is 5.79 Å². The zero-order chi connectivity index (χ0) is 14.0. The molecule has 0 radical (unpaired) electrons. The third kappa shape index (κ3) is 3.14. The molecule has 0 aromatic rings. The van der Waals surface area contributed by atoms with E-state index in [1.807, 2.05) is 13.8 Å². The van der Waals surface area contributed by atoms with E-state index in [0.29, 0.717) is 12.0 Å². The van der Waals surface area contributed by atoms with Crippen molar-refractivity contribution < 1.29 is 28.5 Å². The first-order valence-electron chi connectivity index (χ1n) is 6.22. The first-order chi connectivity index (χ1) is 8.96. The molecule has 6 heteroatoms. The number of esters is 1. The van der Waals surface area contributed by atoms with Gasteiger partial charge in [0, 0.05) is 19.1 Å². The summed E-state index contributed by atoms with van der Waals surface area (Å²) in [5, 5.41) is 0. The number of hydrogen-bond donors (Lipinski definition) is 0. The van der Waals surface area contributed by atoms with Crippen molar-refractivity contribution in [3.05, 3.63) is 11.6 Å². The molecule has 0 spiro atoms. The Morgan fingerprint density at radius 1 is 1.42 bits per heavy atom. The quantitative estimate of drug-likeness (QED) is 0.562. The molecule has 0 N–H and O–H groups in total. The van der Waals surface area contributed by atoms with Crippen molar-refractivity contribution in [2.75, 3.05) is 21.0 Å². The maximum atomic E-state index is 11.7. The van der Waals surface area contributed by atoms with Gasteiger partial charge < -0.3 is 23.7 Å². The smallest absolute Gasteiger partial charge is 0.333 e. The minimum atomic E-state index is -0.688. The second-order valence-corrected chi connectivity index (χ2v) is 5.06. The van der Waals surface area contributed by atoms with Gasteiger partial charge in [0.25, 0.3) is 0 Å². The Balaban J connectivity index is 2.17. The molecule has 1 aliphatic carbocycles. The van der Waals surface area contributed by atoms with Crippen molar-refractivity contribution in [2.45, 2.75) is 44.4 Å². The number of fused-ring (bicyclic) bond motifs is 1. The third-order valence-electron chi connectivity index (χ3n) is 3.16. The van der Waals surface area contributed by atoms with Crippen LogP contribution in [0.2, 0.25) is 0 Å². The molecule has 0 saturated carbocycles. The summed E-state index contributed by atoms with van der Waals surface area (Å²) in [7, 11) is 2.91. The molecule has 1 aliphatic heterocycles. The Morgan fingerprint density at radius 2 is 2.16 bits per heavy atom. The lowest BCUT2D eigenvalue weighted by atomic mass is 9.92. The summed E-state index contributed by atoms with van der Waals surface area (Å²) < 4.78 is 26.8. The van der Waals surface area contributed by atoms with Crippen LogP contribution in [0.1, 0.15) is 20.3 Å². The molecule has 0 amide bonds. The molecule has 1 fully saturated rings. The van der Waals surface area contributed by atoms with Crippen LogP contribution in [0.3, 0.4) is 0 Å². The Morgan fingerprint density at radius 3 is 2.79 bits per heavy atom. The van der Waals surface area contributed by atoms with Crippen LogP contribution in [0.25, 0.3) is 0 Å². The average Bonchev–Trinajstić information content (AvgIpc) is 2.68. The lowest BCUT2D eigenvalue weighted by Crippen LogP contribution is -2.41. The van der Waals surface area contributed by atoms with Crippen molar-refractivity contribution in [1.82, 2.24) is 0 Å². The van der Waals surface area contributed by atoms with Gasteiger partial charge >= 0.3 is 5.97 Å². The van der Waals surface area contributed by atoms with E-state index in [0.717, 1.165) is 0 Å². The molecule has 108 valence electrons. The van der Waals surface area contributed by atoms with E-state index >= 15 is 0 Å². The SMILES string of the molecule is COCO[C@@H]1CC(C(=O)OC)=C[C@H]2OC(C)(C)O[C@H]21. The molecule has 6 nitrogen and oxygen atoms in total. The topological polar surface area (TPSA) is 63.2 Å². The van der Waals surface area contributed by atoms with Gasteiger partial charge in [-0.2, -0.15) is 0 Å². The number of carbonyl (C=O) groups excluding carboxylic acids is 1. The number of ether oxygens (including phenoxy) is 5. The summed E-state index contributed by atoms with van der Waals surface area (Å²) in [5.41, 5.74) is 0.547. The van der Waals surface area contributed by atoms with E-state index < -0.39 is 5.79 Å². The molecule has 1 heterocycles. The number of hydrogen-bond acceptors (Lipinski definition) is 6. The highest BCUT2D eigenvalue weighted by molar-refractivity contribution is 5.88. The first kappa shape index (κ1) is 14.5. The summed E-state index contributed by atoms with van der Waals surface area (Å²) in [6.07, 6.45) is 1.36. The molecule has 19 heavy (non-hydrogen) atoms. The van der Waals surface area contributed by atoms with Gasteiger partial charge in [-0.05, 0) is 19.9 Å². The van der Waals surface area contributed by atoms with Gasteiger partial charge in [-0.15, -0.1) is 0 Å². The fourth-order valence-electron chi connectivity index (χ4n) is 2.42. The summed E-state index contributed by atoms with van der Waals surface area (Å²) in [5.74, 6) is -1.05. The molecule has 1 saturated heterocycles. The van der Waals surface area contributed by atoms with E-state index in [1.165, 1.54) is 7.11 Å². The maximum absolute atomic E-state index is 11.7. The largest absolute Gasteiger partial charge is 0.466 e. The molecule has 0 aromatic heterocycles. The van der Waals surface area contributed by atoms with Gasteiger partial charge in [0.1, 0.15) is 19.0 Å². The first-order valence-corrected chi connectivity index (χ1v) is 6.22. The standard InChI is InChI=1S/C13H20O6/c1-13(2)18-10-6-8(12(14)16-4)5-9(11(10)19-13)17-7-15-3/h6,9-11H,5,7H2,1-4H3/t9-,10-,11+/m1/s1. The summed E-state index contributed by atoms with van der Waals surface area (Å²) in [4.78, 5) is 11.7. The molecule has 0 bridgehead atoms. The van der Waals surface area contributed by atoms with Crippen LogP contribution in [0, 0.1) is 0 Å². The number of carbonyl (C=O) groups is 1. The van der Waals surface area contributed by atoms with Gasteiger partial charge in [0.2, 0.25) is 0 Å². The molecular formula is C13H20O6. The van der Waals surface area contributed by atoms with Gasteiger partial charge in [0.05, 0.1) is 13.2 Å². The van der Waals surface area contributed by atoms with Crippen LogP contribution in [0.15, 0.2) is 11.6 Å². The summed E-state index contributed by atoms with van der Waals surface area (Å²) >= 11 is 0. The van der Waals surface area contributed by atoms with Crippen molar-refractivity contribution in [3.8, 4) is 0 Å². The fraction of sp³-hybridized carbons (Fsp3) is 0.769. The van der Waals surface area contributed by atoms with E-state index in [9.17, 15) is 4.79 Å². The van der Waals surface area contributed by atoms with Crippen molar-refractivity contribution >= 4 is 5.97 Å². The average molecular weight is 272 g/mol. The van der Waals surface area contributed by atoms with Crippen molar-refractivity contribution in [2.24, 2.45) is 0 Å². The Hall–Kier alpha value is -0.950. The van der Waals surface area contributed by atoms with Crippen LogP contribution in [0.5, 0.6) is 0 Å². The van der Waals surface area contributed by atoms with Crippen LogP contribution in [-0.4, -0.2) is 51.1 Å². The molecule has 2 rings (SSSR count). The van der Waals surface area contributed by atoms with E-state index in [1.54, 1.807) is 13.2 Å². The van der Waals surface area contributed by atoms with E-state index in [-0.39, 0.29) is 31.1 Å². The monoisotopic (exact) mass is 272 g/mol. The lowest BCUT2D eigenvalue weighted by molar-refractivity contribution is -0.169. The summed E-state index contributed by atoms with van der Waals surface area (Å²) in [6.45, 7) is 3.82. The van der Waals surface area contributed by atoms with Gasteiger partial charge in [-0.3, -0.25) is 0 Å². The molecule has 2 aliphatic rings. The zero-order valence-electron chi connectivity index (χ0n) is 11.7. The fourth-order valence-corrected chi connectivity index (χ4v) is 2.42. The summed E-state index contributed by atoms with van der Waals surface area (Å²) in [6, 6.07) is 0. The Labute approximate surface area is 112 Å². The maximum Gasteiger partial charge on any atom is 0.333 e. The molecule has 3 atom stereocenters. The number of rotatable bonds is 4. The van der Waals surface area contributed by atoms with Crippen LogP contribution >= 0.6 is 0 Å². The number of methoxy groups -OCH3 is 2. The minimum Gasteiger partial charge on any atom is -0.466 e. The molecule has 0 unspecified atom stereocenters. The highest BCUT2D eigenvalue weighted by atomic mass is 16.8. The third-order valence-corrected chi connectivity index (χ3v) is 3.16. The minimum absolute atomic E-state index is 0.145. The Kier molecular flexibility index (Phi) is 4.25. The highest BCUT2D eigenvalue weighted by Gasteiger charge is 2.48. The second kappa shape index (κ2) is 5.58. The predicted molar refractivity (Wildman–Crippen MR) is 65.3 cm³/mol. The predicted octanol–water partition coefficient (Wildman–Crippen LogP) is 0.999. The molecular weight excluding hydrogens is 252 g/mol. The van der Waals surface area contributed by atoms with Crippen molar-refractivity contribution in [3.63, 3.8) is 0 Å². The normalized spacial score (nSPS) is 32.6. The Bertz CT molecular complexity index is 375. The second-order valence-electron chi connectivity index (χ2n) is 5.06. The van der Waals surface area contributed by atoms with Crippen LogP contribution < -0.4 is 0 Å². The van der Waals surface area contributed by atoms with Gasteiger partial charge in [-0.1, -0.05) is 0 Å². The van der Waals surface area contributed by atoms with Crippen LogP contribution in [-0.2, 0) is 28.5 Å². The lowest BCUT2D eigenvalue weighted by Gasteiger charge is -2.29. The van der Waals surface area contributed by atoms with E-state index in [2.05, 4.69) is 0 Å². The van der Waals surface area contributed by atoms with E-state index in [4.69, 9.17) is 23.7 Å². The van der Waals surface area contributed by atoms with Crippen LogP contribution in [0.4, 0.5) is 0 Å². The van der Waals surface area contributed by atoms with Gasteiger partial charge in [-0.25, -0.2) is 4.79 Å². The zero-order valence-corrected chi connectivity index (χ0v) is 11.7. The van der Waals surface area contributed by atoms with Crippen molar-refractivity contribution in [1.29, 1.82) is 0 Å². The molecule has 0 aromatic carbocycles. The highest BCUT2D eigenvalue weighted by Crippen LogP contribution is 2.37.